The highest BCUT2D eigenvalue weighted by Gasteiger charge is 2.13. The van der Waals surface area contributed by atoms with Crippen molar-refractivity contribution in [1.82, 2.24) is 4.90 Å². The summed E-state index contributed by atoms with van der Waals surface area (Å²) in [5.74, 6) is 0. The fourth-order valence-electron chi connectivity index (χ4n) is 1.57. The fourth-order valence-corrected chi connectivity index (χ4v) is 2.04. The number of rotatable bonds is 5. The van der Waals surface area contributed by atoms with Gasteiger partial charge >= 0.3 is 0 Å². The van der Waals surface area contributed by atoms with Gasteiger partial charge in [0.1, 0.15) is 0 Å². The van der Waals surface area contributed by atoms with Gasteiger partial charge in [-0.25, -0.2) is 0 Å². The number of hydrogen-bond acceptors (Lipinski definition) is 3. The lowest BCUT2D eigenvalue weighted by molar-refractivity contribution is -0.384. The molecule has 5 nitrogen and oxygen atoms in total. The molecule has 1 aromatic carbocycles. The highest BCUT2D eigenvalue weighted by atomic mass is 35.5. The molecule has 1 N–H and O–H groups in total. The molecule has 0 unspecified atom stereocenters. The minimum absolute atomic E-state index is 0.0392. The summed E-state index contributed by atoms with van der Waals surface area (Å²) in [5.41, 5.74) is 1.36. The molecule has 0 aromatic heterocycles. The first kappa shape index (κ1) is 16.4. The van der Waals surface area contributed by atoms with Crippen molar-refractivity contribution in [3.05, 3.63) is 45.5 Å². The lowest BCUT2D eigenvalue weighted by Gasteiger charge is -2.24. The van der Waals surface area contributed by atoms with E-state index in [1.54, 1.807) is 0 Å². The van der Waals surface area contributed by atoms with Crippen LogP contribution in [0.1, 0.15) is 13.8 Å². The molecule has 1 aromatic rings. The third-order valence-electron chi connectivity index (χ3n) is 2.53. The number of halogens is 1. The van der Waals surface area contributed by atoms with Gasteiger partial charge in [-0.2, -0.15) is 0 Å². The summed E-state index contributed by atoms with van der Waals surface area (Å²) in [5, 5.41) is 14.5. The number of nitrogens with one attached hydrogen (secondary N) is 1. The van der Waals surface area contributed by atoms with Crippen LogP contribution in [0.25, 0.3) is 0 Å². The molecule has 20 heavy (non-hydrogen) atoms. The molecule has 0 amide bonds. The zero-order valence-electron chi connectivity index (χ0n) is 11.4. The van der Waals surface area contributed by atoms with Crippen LogP contribution in [0.15, 0.2) is 30.4 Å². The normalized spacial score (nSPS) is 9.95. The number of nitro groups is 1. The van der Waals surface area contributed by atoms with Gasteiger partial charge in [-0.15, -0.1) is 0 Å². The van der Waals surface area contributed by atoms with Crippen LogP contribution in [0.4, 0.5) is 11.4 Å². The number of nitro benzene ring substituents is 1. The second kappa shape index (κ2) is 7.21. The fraction of sp³-hybridized carbons (Fsp3) is 0.308. The van der Waals surface area contributed by atoms with Crippen molar-refractivity contribution < 1.29 is 4.92 Å². The molecule has 0 saturated carbocycles. The molecule has 7 heteroatoms. The van der Waals surface area contributed by atoms with Crippen LogP contribution in [0.3, 0.4) is 0 Å². The Labute approximate surface area is 128 Å². The topological polar surface area (TPSA) is 58.4 Å². The van der Waals surface area contributed by atoms with E-state index >= 15 is 0 Å². The van der Waals surface area contributed by atoms with E-state index < -0.39 is 4.92 Å². The van der Waals surface area contributed by atoms with Crippen molar-refractivity contribution in [2.45, 2.75) is 13.8 Å². The Kier molecular flexibility index (Phi) is 5.91. The molecule has 0 spiro atoms. The highest BCUT2D eigenvalue weighted by molar-refractivity contribution is 7.80. The van der Waals surface area contributed by atoms with Gasteiger partial charge in [0.2, 0.25) is 0 Å². The van der Waals surface area contributed by atoms with E-state index in [1.165, 1.54) is 18.2 Å². The van der Waals surface area contributed by atoms with E-state index in [0.29, 0.717) is 28.9 Å². The predicted octanol–water partition coefficient (Wildman–Crippen LogP) is 3.84. The van der Waals surface area contributed by atoms with Crippen molar-refractivity contribution in [1.29, 1.82) is 0 Å². The number of hydrogen-bond donors (Lipinski definition) is 1. The van der Waals surface area contributed by atoms with Gasteiger partial charge in [0, 0.05) is 25.2 Å². The standard InChI is InChI=1S/C13H16ClN3O2S/c1-4-16(8-9(2)3)13(20)15-12-7-10(17(18)19)5-6-11(12)14/h5-7H,2,4,8H2,1,3H3,(H,15,20). The maximum Gasteiger partial charge on any atom is 0.271 e. The quantitative estimate of drug-likeness (QED) is 0.387. The lowest BCUT2D eigenvalue weighted by Crippen LogP contribution is -2.35. The molecule has 0 bridgehead atoms. The predicted molar refractivity (Wildman–Crippen MR) is 86.4 cm³/mol. The smallest absolute Gasteiger partial charge is 0.271 e. The Bertz CT molecular complexity index is 548. The van der Waals surface area contributed by atoms with E-state index in [0.717, 1.165) is 5.57 Å². The minimum Gasteiger partial charge on any atom is -0.345 e. The molecule has 0 aliphatic rings. The van der Waals surface area contributed by atoms with Crippen LogP contribution in [-0.4, -0.2) is 28.0 Å². The SMILES string of the molecule is C=C(C)CN(CC)C(=S)Nc1cc([N+](=O)[O-])ccc1Cl. The third kappa shape index (κ3) is 4.47. The van der Waals surface area contributed by atoms with Crippen LogP contribution >= 0.6 is 23.8 Å². The van der Waals surface area contributed by atoms with Crippen molar-refractivity contribution in [3.63, 3.8) is 0 Å². The Morgan fingerprint density at radius 1 is 1.60 bits per heavy atom. The van der Waals surface area contributed by atoms with E-state index in [1.807, 2.05) is 18.7 Å². The van der Waals surface area contributed by atoms with Crippen LogP contribution in [0.2, 0.25) is 5.02 Å². The van der Waals surface area contributed by atoms with Crippen molar-refractivity contribution in [2.75, 3.05) is 18.4 Å². The molecular formula is C13H16ClN3O2S. The number of non-ortho nitro benzene ring substituents is 1. The summed E-state index contributed by atoms with van der Waals surface area (Å²) < 4.78 is 0. The first-order chi connectivity index (χ1) is 9.35. The molecule has 0 aliphatic carbocycles. The van der Waals surface area contributed by atoms with E-state index in [9.17, 15) is 10.1 Å². The van der Waals surface area contributed by atoms with Crippen molar-refractivity contribution in [3.8, 4) is 0 Å². The maximum atomic E-state index is 10.8. The van der Waals surface area contributed by atoms with E-state index in [4.69, 9.17) is 23.8 Å². The number of anilines is 1. The van der Waals surface area contributed by atoms with Gasteiger partial charge in [-0.3, -0.25) is 10.1 Å². The summed E-state index contributed by atoms with van der Waals surface area (Å²) in [4.78, 5) is 12.2. The summed E-state index contributed by atoms with van der Waals surface area (Å²) in [6, 6.07) is 4.19. The van der Waals surface area contributed by atoms with E-state index in [-0.39, 0.29) is 5.69 Å². The summed E-state index contributed by atoms with van der Waals surface area (Å²) >= 11 is 11.3. The number of thiocarbonyl (C=S) groups is 1. The molecule has 0 aliphatic heterocycles. The molecule has 0 saturated heterocycles. The van der Waals surface area contributed by atoms with Gasteiger partial charge in [0.05, 0.1) is 15.6 Å². The second-order valence-corrected chi connectivity index (χ2v) is 5.12. The van der Waals surface area contributed by atoms with Gasteiger partial charge in [0.15, 0.2) is 5.11 Å². The molecule has 0 atom stereocenters. The third-order valence-corrected chi connectivity index (χ3v) is 3.22. The average Bonchev–Trinajstić information content (AvgIpc) is 2.37. The van der Waals surface area contributed by atoms with Crippen LogP contribution in [0, 0.1) is 10.1 Å². The minimum atomic E-state index is -0.476. The first-order valence-electron chi connectivity index (χ1n) is 5.99. The van der Waals surface area contributed by atoms with Crippen LogP contribution in [0.5, 0.6) is 0 Å². The van der Waals surface area contributed by atoms with Gasteiger partial charge in [-0.05, 0) is 32.1 Å². The average molecular weight is 314 g/mol. The zero-order valence-corrected chi connectivity index (χ0v) is 12.9. The van der Waals surface area contributed by atoms with Crippen LogP contribution < -0.4 is 5.32 Å². The van der Waals surface area contributed by atoms with Crippen molar-refractivity contribution in [2.24, 2.45) is 0 Å². The monoisotopic (exact) mass is 313 g/mol. The Hall–Kier alpha value is -1.66. The lowest BCUT2D eigenvalue weighted by atomic mass is 10.3. The number of benzene rings is 1. The second-order valence-electron chi connectivity index (χ2n) is 4.32. The number of likely N-dealkylation sites (N-methyl/N-ethyl adjacent to an activating group) is 1. The van der Waals surface area contributed by atoms with Crippen LogP contribution in [-0.2, 0) is 0 Å². The van der Waals surface area contributed by atoms with E-state index in [2.05, 4.69) is 11.9 Å². The highest BCUT2D eigenvalue weighted by Crippen LogP contribution is 2.27. The molecule has 0 radical (unpaired) electrons. The molecule has 0 fully saturated rings. The molecule has 108 valence electrons. The first-order valence-corrected chi connectivity index (χ1v) is 6.78. The molecular weight excluding hydrogens is 298 g/mol. The van der Waals surface area contributed by atoms with Gasteiger partial charge in [0.25, 0.3) is 5.69 Å². The summed E-state index contributed by atoms with van der Waals surface area (Å²) in [6.07, 6.45) is 0. The van der Waals surface area contributed by atoms with Gasteiger partial charge in [-0.1, -0.05) is 23.8 Å². The largest absolute Gasteiger partial charge is 0.345 e. The van der Waals surface area contributed by atoms with Crippen molar-refractivity contribution >= 4 is 40.3 Å². The molecule has 0 heterocycles. The van der Waals surface area contributed by atoms with Gasteiger partial charge < -0.3 is 10.2 Å². The summed E-state index contributed by atoms with van der Waals surface area (Å²) in [7, 11) is 0. The Morgan fingerprint density at radius 3 is 2.75 bits per heavy atom. The Balaban J connectivity index is 2.91. The molecule has 1 rings (SSSR count). The zero-order chi connectivity index (χ0) is 15.3. The maximum absolute atomic E-state index is 10.8. The number of nitrogens with zero attached hydrogens (tertiary/aromatic N) is 2. The Morgan fingerprint density at radius 2 is 2.25 bits per heavy atom. The summed E-state index contributed by atoms with van der Waals surface area (Å²) in [6.45, 7) is 9.03.